The second kappa shape index (κ2) is 7.95. The number of benzene rings is 2. The number of ether oxygens (including phenoxy) is 1. The largest absolute Gasteiger partial charge is 0.444 e. The van der Waals surface area contributed by atoms with Crippen molar-refractivity contribution >= 4 is 28.7 Å². The van der Waals surface area contributed by atoms with Gasteiger partial charge < -0.3 is 19.9 Å². The van der Waals surface area contributed by atoms with Gasteiger partial charge in [0.05, 0.1) is 11.0 Å². The highest BCUT2D eigenvalue weighted by Gasteiger charge is 2.21. The fraction of sp³-hybridized carbons (Fsp3) is 0.318. The minimum absolute atomic E-state index is 0.327. The molecular formula is C22H26N4O3. The molecule has 0 radical (unpaired) electrons. The van der Waals surface area contributed by atoms with Gasteiger partial charge in [-0.1, -0.05) is 12.1 Å². The molecule has 0 spiro atoms. The van der Waals surface area contributed by atoms with Crippen LogP contribution in [0.15, 0.2) is 48.5 Å². The number of carbonyl (C=O) groups excluding carboxylic acids is 2. The van der Waals surface area contributed by atoms with Crippen molar-refractivity contribution in [3.8, 4) is 11.4 Å². The molecule has 0 saturated heterocycles. The molecule has 2 aromatic carbocycles. The average molecular weight is 394 g/mol. The van der Waals surface area contributed by atoms with Crippen LogP contribution in [0.2, 0.25) is 0 Å². The van der Waals surface area contributed by atoms with Gasteiger partial charge in [-0.2, -0.15) is 0 Å². The minimum atomic E-state index is -0.732. The van der Waals surface area contributed by atoms with Crippen LogP contribution in [-0.4, -0.2) is 33.2 Å². The van der Waals surface area contributed by atoms with E-state index in [9.17, 15) is 9.59 Å². The van der Waals surface area contributed by atoms with Crippen molar-refractivity contribution < 1.29 is 14.3 Å². The number of anilines is 1. The quantitative estimate of drug-likeness (QED) is 0.698. The van der Waals surface area contributed by atoms with Gasteiger partial charge >= 0.3 is 6.09 Å². The highest BCUT2D eigenvalue weighted by atomic mass is 16.6. The van der Waals surface area contributed by atoms with Crippen LogP contribution in [0.3, 0.4) is 0 Å². The first-order valence-corrected chi connectivity index (χ1v) is 9.46. The molecule has 3 aromatic rings. The molecule has 0 aliphatic carbocycles. The van der Waals surface area contributed by atoms with E-state index >= 15 is 0 Å². The molecule has 0 fully saturated rings. The Bertz CT molecular complexity index is 1030. The summed E-state index contributed by atoms with van der Waals surface area (Å²) in [5, 5.41) is 5.32. The summed E-state index contributed by atoms with van der Waals surface area (Å²) in [4.78, 5) is 28.8. The number of aromatic nitrogens is 2. The Balaban J connectivity index is 1.66. The fourth-order valence-corrected chi connectivity index (χ4v) is 2.91. The summed E-state index contributed by atoms with van der Waals surface area (Å²) >= 11 is 0. The summed E-state index contributed by atoms with van der Waals surface area (Å²) in [6, 6.07) is 14.7. The molecule has 7 nitrogen and oxygen atoms in total. The monoisotopic (exact) mass is 394 g/mol. The Hall–Kier alpha value is -3.35. The number of para-hydroxylation sites is 2. The van der Waals surface area contributed by atoms with Crippen LogP contribution in [0, 0.1) is 0 Å². The van der Waals surface area contributed by atoms with E-state index in [4.69, 9.17) is 4.74 Å². The Morgan fingerprint density at radius 2 is 1.72 bits per heavy atom. The standard InChI is InChI=1S/C22H26N4O3/c1-14(23-21(28)29-22(2,3)4)20(27)24-16-12-10-15(11-13-16)19-25-17-8-6-7-9-18(17)26(19)5/h6-14H,1-5H3,(H,23,28)(H,24,27)/t14-/m1/s1. The lowest BCUT2D eigenvalue weighted by Gasteiger charge is -2.21. The van der Waals surface area contributed by atoms with Crippen LogP contribution < -0.4 is 10.6 Å². The van der Waals surface area contributed by atoms with E-state index in [1.807, 2.05) is 60.1 Å². The van der Waals surface area contributed by atoms with Crippen molar-refractivity contribution in [2.24, 2.45) is 7.05 Å². The summed E-state index contributed by atoms with van der Waals surface area (Å²) < 4.78 is 7.21. The molecule has 29 heavy (non-hydrogen) atoms. The number of rotatable bonds is 4. The maximum Gasteiger partial charge on any atom is 0.408 e. The third kappa shape index (κ3) is 4.93. The maximum atomic E-state index is 12.3. The Morgan fingerprint density at radius 3 is 2.34 bits per heavy atom. The third-order valence-electron chi connectivity index (χ3n) is 4.32. The normalized spacial score (nSPS) is 12.4. The Labute approximate surface area is 170 Å². The number of imidazole rings is 1. The summed E-state index contributed by atoms with van der Waals surface area (Å²) in [5.74, 6) is 0.523. The van der Waals surface area contributed by atoms with E-state index in [2.05, 4.69) is 15.6 Å². The van der Waals surface area contributed by atoms with Gasteiger partial charge in [0.25, 0.3) is 0 Å². The van der Waals surface area contributed by atoms with Crippen molar-refractivity contribution in [1.82, 2.24) is 14.9 Å². The van der Waals surface area contributed by atoms with Crippen molar-refractivity contribution in [2.45, 2.75) is 39.3 Å². The van der Waals surface area contributed by atoms with Gasteiger partial charge in [0, 0.05) is 18.3 Å². The average Bonchev–Trinajstić information content (AvgIpc) is 2.98. The van der Waals surface area contributed by atoms with Crippen molar-refractivity contribution in [3.05, 3.63) is 48.5 Å². The molecule has 1 atom stereocenters. The fourth-order valence-electron chi connectivity index (χ4n) is 2.91. The van der Waals surface area contributed by atoms with Gasteiger partial charge in [0.15, 0.2) is 0 Å². The smallest absolute Gasteiger partial charge is 0.408 e. The second-order valence-corrected chi connectivity index (χ2v) is 7.92. The van der Waals surface area contributed by atoms with Crippen LogP contribution in [0.5, 0.6) is 0 Å². The highest BCUT2D eigenvalue weighted by Crippen LogP contribution is 2.24. The van der Waals surface area contributed by atoms with Gasteiger partial charge in [-0.3, -0.25) is 4.79 Å². The van der Waals surface area contributed by atoms with Gasteiger partial charge in [-0.25, -0.2) is 9.78 Å². The zero-order chi connectivity index (χ0) is 21.2. The first-order valence-electron chi connectivity index (χ1n) is 9.46. The van der Waals surface area contributed by atoms with Crippen LogP contribution in [0.25, 0.3) is 22.4 Å². The molecule has 0 aliphatic heterocycles. The van der Waals surface area contributed by atoms with E-state index in [1.165, 1.54) is 0 Å². The Kier molecular flexibility index (Phi) is 5.59. The molecule has 0 aliphatic rings. The molecule has 3 rings (SSSR count). The highest BCUT2D eigenvalue weighted by molar-refractivity contribution is 5.96. The predicted molar refractivity (Wildman–Crippen MR) is 114 cm³/mol. The lowest BCUT2D eigenvalue weighted by Crippen LogP contribution is -2.43. The molecule has 7 heteroatoms. The van der Waals surface area contributed by atoms with Gasteiger partial charge in [-0.15, -0.1) is 0 Å². The van der Waals surface area contributed by atoms with E-state index in [1.54, 1.807) is 27.7 Å². The Morgan fingerprint density at radius 1 is 1.07 bits per heavy atom. The van der Waals surface area contributed by atoms with Crippen LogP contribution in [0.4, 0.5) is 10.5 Å². The van der Waals surface area contributed by atoms with Crippen LogP contribution in [-0.2, 0) is 16.6 Å². The first kappa shape index (κ1) is 20.4. The number of alkyl carbamates (subject to hydrolysis) is 1. The molecule has 2 amide bonds. The van der Waals surface area contributed by atoms with Gasteiger partial charge in [0.2, 0.25) is 5.91 Å². The molecule has 0 saturated carbocycles. The number of nitrogens with zero attached hydrogens (tertiary/aromatic N) is 2. The van der Waals surface area contributed by atoms with E-state index in [0.29, 0.717) is 5.69 Å². The number of carbonyl (C=O) groups is 2. The number of aryl methyl sites for hydroxylation is 1. The lowest BCUT2D eigenvalue weighted by atomic mass is 10.2. The molecule has 1 aromatic heterocycles. The lowest BCUT2D eigenvalue weighted by molar-refractivity contribution is -0.117. The number of hydrogen-bond acceptors (Lipinski definition) is 4. The summed E-state index contributed by atoms with van der Waals surface area (Å²) in [6.45, 7) is 6.91. The van der Waals surface area contributed by atoms with Gasteiger partial charge in [-0.05, 0) is 64.1 Å². The summed E-state index contributed by atoms with van der Waals surface area (Å²) in [7, 11) is 1.98. The molecule has 152 valence electrons. The van der Waals surface area contributed by atoms with Gasteiger partial charge in [0.1, 0.15) is 17.5 Å². The molecular weight excluding hydrogens is 368 g/mol. The third-order valence-corrected chi connectivity index (χ3v) is 4.32. The zero-order valence-electron chi connectivity index (χ0n) is 17.3. The molecule has 2 N–H and O–H groups in total. The van der Waals surface area contributed by atoms with E-state index < -0.39 is 17.7 Å². The zero-order valence-corrected chi connectivity index (χ0v) is 17.3. The van der Waals surface area contributed by atoms with Crippen molar-refractivity contribution in [1.29, 1.82) is 0 Å². The number of amides is 2. The molecule has 0 unspecified atom stereocenters. The molecule has 1 heterocycles. The maximum absolute atomic E-state index is 12.3. The van der Waals surface area contributed by atoms with E-state index in [0.717, 1.165) is 22.4 Å². The number of nitrogens with one attached hydrogen (secondary N) is 2. The second-order valence-electron chi connectivity index (χ2n) is 7.92. The van der Waals surface area contributed by atoms with Crippen LogP contribution in [0.1, 0.15) is 27.7 Å². The topological polar surface area (TPSA) is 85.2 Å². The number of fused-ring (bicyclic) bond motifs is 1. The SMILES string of the molecule is C[C@@H](NC(=O)OC(C)(C)C)C(=O)Nc1ccc(-c2nc3ccccc3n2C)cc1. The molecule has 0 bridgehead atoms. The first-order chi connectivity index (χ1) is 13.6. The van der Waals surface area contributed by atoms with E-state index in [-0.39, 0.29) is 5.91 Å². The summed E-state index contributed by atoms with van der Waals surface area (Å²) in [5.41, 5.74) is 2.95. The predicted octanol–water partition coefficient (Wildman–Crippen LogP) is 4.09. The minimum Gasteiger partial charge on any atom is -0.444 e. The summed E-state index contributed by atoms with van der Waals surface area (Å²) in [6.07, 6.45) is -0.627. The van der Waals surface area contributed by atoms with Crippen molar-refractivity contribution in [2.75, 3.05) is 5.32 Å². The van der Waals surface area contributed by atoms with Crippen molar-refractivity contribution in [3.63, 3.8) is 0 Å². The van der Waals surface area contributed by atoms with Crippen LogP contribution >= 0.6 is 0 Å². The number of hydrogen-bond donors (Lipinski definition) is 2.